The summed E-state index contributed by atoms with van der Waals surface area (Å²) in [5.41, 5.74) is 0. The third-order valence-corrected chi connectivity index (χ3v) is 6.21. The van der Waals surface area contributed by atoms with Crippen molar-refractivity contribution in [3.63, 3.8) is 0 Å². The zero-order valence-electron chi connectivity index (χ0n) is 12.3. The van der Waals surface area contributed by atoms with E-state index in [-0.39, 0.29) is 0 Å². The van der Waals surface area contributed by atoms with Gasteiger partial charge < -0.3 is 5.32 Å². The molecule has 1 nitrogen and oxygen atoms in total. The van der Waals surface area contributed by atoms with E-state index in [1.165, 1.54) is 45.1 Å². The van der Waals surface area contributed by atoms with Gasteiger partial charge in [0, 0.05) is 6.04 Å². The molecule has 0 aromatic rings. The Balaban J connectivity index is 1.43. The van der Waals surface area contributed by atoms with E-state index in [2.05, 4.69) is 19.2 Å². The molecule has 3 aliphatic rings. The number of fused-ring (bicyclic) bond motifs is 2. The summed E-state index contributed by atoms with van der Waals surface area (Å²) in [7, 11) is 0. The van der Waals surface area contributed by atoms with Crippen molar-refractivity contribution in [1.82, 2.24) is 5.32 Å². The van der Waals surface area contributed by atoms with Crippen LogP contribution in [0.5, 0.6) is 0 Å². The van der Waals surface area contributed by atoms with E-state index in [0.717, 1.165) is 35.6 Å². The van der Waals surface area contributed by atoms with Crippen LogP contribution in [0.3, 0.4) is 0 Å². The van der Waals surface area contributed by atoms with E-state index < -0.39 is 0 Å². The minimum atomic E-state index is 0.838. The quantitative estimate of drug-likeness (QED) is 0.786. The molecule has 3 fully saturated rings. The molecule has 5 unspecified atom stereocenters. The fourth-order valence-corrected chi connectivity index (χ4v) is 4.96. The number of rotatable bonds is 4. The van der Waals surface area contributed by atoms with Gasteiger partial charge in [-0.3, -0.25) is 0 Å². The van der Waals surface area contributed by atoms with Crippen LogP contribution in [-0.4, -0.2) is 12.6 Å². The van der Waals surface area contributed by atoms with Gasteiger partial charge in [0.2, 0.25) is 0 Å². The summed E-state index contributed by atoms with van der Waals surface area (Å²) in [5.74, 6) is 5.10. The Hall–Kier alpha value is -0.0400. The van der Waals surface area contributed by atoms with Crippen LogP contribution >= 0.6 is 0 Å². The summed E-state index contributed by atoms with van der Waals surface area (Å²) in [5, 5.41) is 3.93. The van der Waals surface area contributed by atoms with Gasteiger partial charge in [-0.2, -0.15) is 0 Å². The summed E-state index contributed by atoms with van der Waals surface area (Å²) in [4.78, 5) is 0. The van der Waals surface area contributed by atoms with Gasteiger partial charge in [-0.15, -0.1) is 0 Å². The zero-order chi connectivity index (χ0) is 12.5. The molecule has 0 spiro atoms. The molecule has 0 aliphatic heterocycles. The van der Waals surface area contributed by atoms with Gasteiger partial charge in [0.15, 0.2) is 0 Å². The van der Waals surface area contributed by atoms with Gasteiger partial charge in [-0.05, 0) is 68.2 Å². The molecule has 104 valence electrons. The highest BCUT2D eigenvalue weighted by molar-refractivity contribution is 4.91. The monoisotopic (exact) mass is 249 g/mol. The van der Waals surface area contributed by atoms with Crippen molar-refractivity contribution in [3.05, 3.63) is 0 Å². The van der Waals surface area contributed by atoms with Crippen LogP contribution in [0, 0.1) is 29.6 Å². The molecule has 3 saturated carbocycles. The topological polar surface area (TPSA) is 12.0 Å². The highest BCUT2D eigenvalue weighted by Crippen LogP contribution is 2.48. The Morgan fingerprint density at radius 3 is 2.56 bits per heavy atom. The van der Waals surface area contributed by atoms with Crippen molar-refractivity contribution < 1.29 is 0 Å². The van der Waals surface area contributed by atoms with Crippen molar-refractivity contribution >= 4 is 0 Å². The summed E-state index contributed by atoms with van der Waals surface area (Å²) in [6, 6.07) is 0.838. The number of hydrogen-bond acceptors (Lipinski definition) is 1. The molecular formula is C17H31N. The zero-order valence-corrected chi connectivity index (χ0v) is 12.3. The second-order valence-electron chi connectivity index (χ2n) is 7.71. The molecule has 1 N–H and O–H groups in total. The highest BCUT2D eigenvalue weighted by atomic mass is 14.9. The lowest BCUT2D eigenvalue weighted by molar-refractivity contribution is 0.216. The molecule has 1 heteroatoms. The van der Waals surface area contributed by atoms with Crippen LogP contribution in [0.15, 0.2) is 0 Å². The van der Waals surface area contributed by atoms with Gasteiger partial charge in [0.25, 0.3) is 0 Å². The Kier molecular flexibility index (Phi) is 3.98. The van der Waals surface area contributed by atoms with Crippen LogP contribution in [-0.2, 0) is 0 Å². The molecule has 0 amide bonds. The van der Waals surface area contributed by atoms with Crippen LogP contribution in [0.1, 0.15) is 65.2 Å². The Bertz CT molecular complexity index is 273. The van der Waals surface area contributed by atoms with Crippen LogP contribution in [0.4, 0.5) is 0 Å². The fourth-order valence-electron chi connectivity index (χ4n) is 4.96. The van der Waals surface area contributed by atoms with E-state index in [9.17, 15) is 0 Å². The minimum absolute atomic E-state index is 0.838. The number of nitrogens with one attached hydrogen (secondary N) is 1. The predicted octanol–water partition coefficient (Wildman–Crippen LogP) is 4.23. The molecule has 3 aliphatic carbocycles. The van der Waals surface area contributed by atoms with Crippen LogP contribution in [0.25, 0.3) is 0 Å². The molecule has 0 aromatic carbocycles. The van der Waals surface area contributed by atoms with Gasteiger partial charge in [0.05, 0.1) is 0 Å². The van der Waals surface area contributed by atoms with E-state index in [1.807, 2.05) is 0 Å². The highest BCUT2D eigenvalue weighted by Gasteiger charge is 2.39. The first-order chi connectivity index (χ1) is 8.72. The van der Waals surface area contributed by atoms with E-state index in [0.29, 0.717) is 0 Å². The third kappa shape index (κ3) is 2.76. The molecule has 0 saturated heterocycles. The maximum Gasteiger partial charge on any atom is 0.00699 e. The predicted molar refractivity (Wildman–Crippen MR) is 77.5 cm³/mol. The molecule has 18 heavy (non-hydrogen) atoms. The minimum Gasteiger partial charge on any atom is -0.314 e. The smallest absolute Gasteiger partial charge is 0.00699 e. The van der Waals surface area contributed by atoms with Crippen molar-refractivity contribution in [2.24, 2.45) is 29.6 Å². The van der Waals surface area contributed by atoms with Crippen LogP contribution in [0.2, 0.25) is 0 Å². The molecule has 3 rings (SSSR count). The standard InChI is InChI=1S/C17H31N/c1-12(2)14-4-3-5-17(10-14)18-11-16-9-13-6-7-15(16)8-13/h12-18H,3-11H2,1-2H3. The molecule has 0 radical (unpaired) electrons. The van der Waals surface area contributed by atoms with Crippen molar-refractivity contribution in [2.75, 3.05) is 6.54 Å². The molecule has 5 atom stereocenters. The average molecular weight is 249 g/mol. The molecule has 2 bridgehead atoms. The van der Waals surface area contributed by atoms with E-state index in [4.69, 9.17) is 0 Å². The largest absolute Gasteiger partial charge is 0.314 e. The van der Waals surface area contributed by atoms with Gasteiger partial charge in [-0.25, -0.2) is 0 Å². The second-order valence-corrected chi connectivity index (χ2v) is 7.71. The van der Waals surface area contributed by atoms with Crippen LogP contribution < -0.4 is 5.32 Å². The average Bonchev–Trinajstić information content (AvgIpc) is 2.99. The maximum atomic E-state index is 3.93. The molecule has 0 aromatic heterocycles. The van der Waals surface area contributed by atoms with Gasteiger partial charge >= 0.3 is 0 Å². The van der Waals surface area contributed by atoms with Gasteiger partial charge in [0.1, 0.15) is 0 Å². The SMILES string of the molecule is CC(C)C1CCCC(NCC2CC3CCC2C3)C1. The van der Waals surface area contributed by atoms with E-state index in [1.54, 1.807) is 12.8 Å². The van der Waals surface area contributed by atoms with Gasteiger partial charge in [-0.1, -0.05) is 33.1 Å². The summed E-state index contributed by atoms with van der Waals surface area (Å²) in [6.45, 7) is 6.14. The van der Waals surface area contributed by atoms with E-state index >= 15 is 0 Å². The Labute approximate surface area is 113 Å². The Morgan fingerprint density at radius 1 is 1.00 bits per heavy atom. The first kappa shape index (κ1) is 13.0. The maximum absolute atomic E-state index is 3.93. The lowest BCUT2D eigenvalue weighted by atomic mass is 9.79. The lowest BCUT2D eigenvalue weighted by Crippen LogP contribution is -2.39. The summed E-state index contributed by atoms with van der Waals surface area (Å²) in [6.07, 6.45) is 12.0. The first-order valence-corrected chi connectivity index (χ1v) is 8.45. The Morgan fingerprint density at radius 2 is 1.89 bits per heavy atom. The molecule has 0 heterocycles. The second kappa shape index (κ2) is 5.53. The third-order valence-electron chi connectivity index (χ3n) is 6.21. The normalized spacial score (nSPS) is 43.8. The fraction of sp³-hybridized carbons (Fsp3) is 1.00. The van der Waals surface area contributed by atoms with Crippen molar-refractivity contribution in [1.29, 1.82) is 0 Å². The summed E-state index contributed by atoms with van der Waals surface area (Å²) >= 11 is 0. The van der Waals surface area contributed by atoms with Crippen molar-refractivity contribution in [3.8, 4) is 0 Å². The molecular weight excluding hydrogens is 218 g/mol. The number of hydrogen-bond donors (Lipinski definition) is 1. The van der Waals surface area contributed by atoms with Crippen molar-refractivity contribution in [2.45, 2.75) is 71.3 Å². The first-order valence-electron chi connectivity index (χ1n) is 8.45. The summed E-state index contributed by atoms with van der Waals surface area (Å²) < 4.78 is 0. The lowest BCUT2D eigenvalue weighted by Gasteiger charge is -2.33.